The predicted octanol–water partition coefficient (Wildman–Crippen LogP) is 2.08. The Kier molecular flexibility index (Phi) is 3.52. The molecule has 1 aliphatic carbocycles. The van der Waals surface area contributed by atoms with Gasteiger partial charge in [0.05, 0.1) is 0 Å². The fourth-order valence-corrected chi connectivity index (χ4v) is 2.59. The van der Waals surface area contributed by atoms with Gasteiger partial charge in [-0.05, 0) is 17.5 Å². The van der Waals surface area contributed by atoms with Crippen LogP contribution in [0.2, 0.25) is 0 Å². The van der Waals surface area contributed by atoms with E-state index < -0.39 is 0 Å². The topological polar surface area (TPSA) is 75.9 Å². The Morgan fingerprint density at radius 1 is 1.25 bits per heavy atom. The first-order chi connectivity index (χ1) is 9.80. The molecule has 1 aromatic carbocycles. The highest BCUT2D eigenvalue weighted by molar-refractivity contribution is 5.48. The molecule has 2 aromatic rings. The van der Waals surface area contributed by atoms with E-state index >= 15 is 0 Å². The molecule has 5 nitrogen and oxygen atoms in total. The Morgan fingerprint density at radius 2 is 2.05 bits per heavy atom. The Balaban J connectivity index is 1.67. The van der Waals surface area contributed by atoms with Crippen molar-refractivity contribution in [3.05, 3.63) is 47.3 Å². The number of benzene rings is 1. The Hall–Kier alpha value is -2.14. The molecular weight excluding hydrogens is 250 g/mol. The minimum Gasteiger partial charge on any atom is -0.369 e. The summed E-state index contributed by atoms with van der Waals surface area (Å²) in [6, 6.07) is 10.4. The number of aromatic nitrogens is 2. The molecule has 0 fully saturated rings. The molecule has 1 atom stereocenters. The van der Waals surface area contributed by atoms with Crippen LogP contribution in [0.3, 0.4) is 0 Å². The second-order valence-electron chi connectivity index (χ2n) is 5.03. The summed E-state index contributed by atoms with van der Waals surface area (Å²) >= 11 is 0. The third kappa shape index (κ3) is 2.44. The van der Waals surface area contributed by atoms with E-state index in [0.29, 0.717) is 11.7 Å². The zero-order chi connectivity index (χ0) is 13.9. The van der Waals surface area contributed by atoms with E-state index in [2.05, 4.69) is 45.0 Å². The van der Waals surface area contributed by atoms with Crippen LogP contribution < -0.4 is 16.6 Å². The van der Waals surface area contributed by atoms with Crippen molar-refractivity contribution in [3.63, 3.8) is 0 Å². The summed E-state index contributed by atoms with van der Waals surface area (Å²) in [4.78, 5) is 8.75. The maximum atomic E-state index is 5.43. The largest absolute Gasteiger partial charge is 0.369 e. The lowest BCUT2D eigenvalue weighted by Crippen LogP contribution is -2.24. The summed E-state index contributed by atoms with van der Waals surface area (Å²) in [6.45, 7) is 2.92. The van der Waals surface area contributed by atoms with E-state index in [9.17, 15) is 0 Å². The maximum absolute atomic E-state index is 5.43. The van der Waals surface area contributed by atoms with Crippen molar-refractivity contribution in [1.29, 1.82) is 0 Å². The molecule has 0 bridgehead atoms. The quantitative estimate of drug-likeness (QED) is 0.572. The monoisotopic (exact) mass is 269 g/mol. The third-order valence-corrected chi connectivity index (χ3v) is 3.73. The van der Waals surface area contributed by atoms with E-state index in [1.54, 1.807) is 0 Å². The van der Waals surface area contributed by atoms with Crippen molar-refractivity contribution < 1.29 is 0 Å². The van der Waals surface area contributed by atoms with Gasteiger partial charge in [0.25, 0.3) is 0 Å². The second kappa shape index (κ2) is 5.46. The number of hydrogen-bond acceptors (Lipinski definition) is 5. The van der Waals surface area contributed by atoms with Crippen LogP contribution in [0.15, 0.2) is 30.3 Å². The van der Waals surface area contributed by atoms with E-state index in [-0.39, 0.29) is 0 Å². The van der Waals surface area contributed by atoms with E-state index in [1.807, 2.05) is 13.0 Å². The number of nitrogen functional groups attached to an aromatic ring is 1. The normalized spacial score (nSPS) is 16.2. The number of nitrogens with zero attached hydrogens (tertiary/aromatic N) is 2. The number of fused-ring (bicyclic) bond motifs is 1. The SMILES string of the molecule is CCc1nc(NN)cc(NCC2Cc3ccccc32)n1. The molecule has 1 heterocycles. The fraction of sp³-hybridized carbons (Fsp3) is 0.333. The molecule has 20 heavy (non-hydrogen) atoms. The average Bonchev–Trinajstić information content (AvgIpc) is 2.47. The van der Waals surface area contributed by atoms with Crippen LogP contribution in [-0.4, -0.2) is 16.5 Å². The highest BCUT2D eigenvalue weighted by Gasteiger charge is 2.24. The molecule has 4 N–H and O–H groups in total. The van der Waals surface area contributed by atoms with Gasteiger partial charge in [0.2, 0.25) is 0 Å². The molecule has 1 aromatic heterocycles. The van der Waals surface area contributed by atoms with Crippen molar-refractivity contribution in [2.24, 2.45) is 5.84 Å². The van der Waals surface area contributed by atoms with Crippen LogP contribution in [0.5, 0.6) is 0 Å². The average molecular weight is 269 g/mol. The van der Waals surface area contributed by atoms with Gasteiger partial charge in [-0.25, -0.2) is 15.8 Å². The minimum atomic E-state index is 0.570. The summed E-state index contributed by atoms with van der Waals surface area (Å²) in [5, 5.41) is 3.39. The third-order valence-electron chi connectivity index (χ3n) is 3.73. The van der Waals surface area contributed by atoms with Crippen molar-refractivity contribution in [2.45, 2.75) is 25.7 Å². The molecular formula is C15H19N5. The van der Waals surface area contributed by atoms with Crippen molar-refractivity contribution >= 4 is 11.6 Å². The number of nitrogens with one attached hydrogen (secondary N) is 2. The second-order valence-corrected chi connectivity index (χ2v) is 5.03. The zero-order valence-electron chi connectivity index (χ0n) is 11.6. The fourth-order valence-electron chi connectivity index (χ4n) is 2.59. The first-order valence-electron chi connectivity index (χ1n) is 6.96. The zero-order valence-corrected chi connectivity index (χ0v) is 11.6. The molecule has 0 aliphatic heterocycles. The number of anilines is 2. The lowest BCUT2D eigenvalue weighted by Gasteiger charge is -2.30. The number of hydrogen-bond donors (Lipinski definition) is 3. The van der Waals surface area contributed by atoms with Crippen LogP contribution in [0.1, 0.15) is 29.8 Å². The molecule has 5 heteroatoms. The van der Waals surface area contributed by atoms with E-state index in [4.69, 9.17) is 5.84 Å². The standard InChI is InChI=1S/C15H19N5/c1-2-13-18-14(8-15(19-13)20-16)17-9-11-7-10-5-3-4-6-12(10)11/h3-6,8,11H,2,7,9,16H2,1H3,(H2,17,18,19,20). The van der Waals surface area contributed by atoms with Crippen LogP contribution in [0, 0.1) is 0 Å². The highest BCUT2D eigenvalue weighted by atomic mass is 15.3. The molecule has 0 saturated carbocycles. The van der Waals surface area contributed by atoms with Crippen molar-refractivity contribution in [3.8, 4) is 0 Å². The van der Waals surface area contributed by atoms with Crippen LogP contribution in [-0.2, 0) is 12.8 Å². The summed E-state index contributed by atoms with van der Waals surface area (Å²) in [6.07, 6.45) is 1.92. The van der Waals surface area contributed by atoms with Gasteiger partial charge < -0.3 is 10.7 Å². The van der Waals surface area contributed by atoms with Gasteiger partial charge in [0, 0.05) is 24.9 Å². The predicted molar refractivity (Wildman–Crippen MR) is 80.6 cm³/mol. The molecule has 0 saturated heterocycles. The summed E-state index contributed by atoms with van der Waals surface area (Å²) in [7, 11) is 0. The Morgan fingerprint density at radius 3 is 2.80 bits per heavy atom. The first kappa shape index (κ1) is 12.9. The number of rotatable bonds is 5. The molecule has 1 unspecified atom stereocenters. The Labute approximate surface area is 118 Å². The van der Waals surface area contributed by atoms with Gasteiger partial charge in [-0.3, -0.25) is 0 Å². The van der Waals surface area contributed by atoms with Crippen LogP contribution in [0.25, 0.3) is 0 Å². The molecule has 1 aliphatic rings. The lowest BCUT2D eigenvalue weighted by atomic mass is 9.77. The minimum absolute atomic E-state index is 0.570. The summed E-state index contributed by atoms with van der Waals surface area (Å²) < 4.78 is 0. The molecule has 104 valence electrons. The van der Waals surface area contributed by atoms with Gasteiger partial charge in [0.1, 0.15) is 17.5 Å². The number of hydrazine groups is 1. The lowest BCUT2D eigenvalue weighted by molar-refractivity contribution is 0.634. The van der Waals surface area contributed by atoms with E-state index in [0.717, 1.165) is 31.0 Å². The van der Waals surface area contributed by atoms with Crippen molar-refractivity contribution in [1.82, 2.24) is 9.97 Å². The molecule has 3 rings (SSSR count). The smallest absolute Gasteiger partial charge is 0.145 e. The summed E-state index contributed by atoms with van der Waals surface area (Å²) in [5.41, 5.74) is 5.49. The van der Waals surface area contributed by atoms with Gasteiger partial charge in [0.15, 0.2) is 0 Å². The first-order valence-corrected chi connectivity index (χ1v) is 6.96. The van der Waals surface area contributed by atoms with Crippen molar-refractivity contribution in [2.75, 3.05) is 17.3 Å². The van der Waals surface area contributed by atoms with Crippen LogP contribution >= 0.6 is 0 Å². The van der Waals surface area contributed by atoms with Gasteiger partial charge in [-0.1, -0.05) is 31.2 Å². The van der Waals surface area contributed by atoms with Crippen LogP contribution in [0.4, 0.5) is 11.6 Å². The maximum Gasteiger partial charge on any atom is 0.145 e. The highest BCUT2D eigenvalue weighted by Crippen LogP contribution is 2.34. The van der Waals surface area contributed by atoms with Gasteiger partial charge >= 0.3 is 0 Å². The van der Waals surface area contributed by atoms with Gasteiger partial charge in [-0.2, -0.15) is 0 Å². The van der Waals surface area contributed by atoms with Gasteiger partial charge in [-0.15, -0.1) is 0 Å². The molecule has 0 radical (unpaired) electrons. The van der Waals surface area contributed by atoms with E-state index in [1.165, 1.54) is 11.1 Å². The number of nitrogens with two attached hydrogens (primary N) is 1. The molecule has 0 spiro atoms. The molecule has 0 amide bonds. The summed E-state index contributed by atoms with van der Waals surface area (Å²) in [5.74, 6) is 8.26. The number of aryl methyl sites for hydroxylation is 1. The Bertz CT molecular complexity index is 589.